The largest absolute Gasteiger partial charge is 0.352 e. The van der Waals surface area contributed by atoms with Gasteiger partial charge in [0.2, 0.25) is 11.8 Å². The zero-order valence-corrected chi connectivity index (χ0v) is 28.2. The summed E-state index contributed by atoms with van der Waals surface area (Å²) in [6.45, 7) is 4.84. The Kier molecular flexibility index (Phi) is 11.6. The van der Waals surface area contributed by atoms with Crippen molar-refractivity contribution in [2.24, 2.45) is 0 Å². The molecular formula is C34H34Cl3N3O4S. The smallest absolute Gasteiger partial charge is 0.264 e. The van der Waals surface area contributed by atoms with Crippen molar-refractivity contribution in [3.8, 4) is 0 Å². The molecule has 2 amide bonds. The first-order valence-corrected chi connectivity index (χ1v) is 16.8. The topological polar surface area (TPSA) is 86.8 Å². The van der Waals surface area contributed by atoms with Crippen LogP contribution in [0.25, 0.3) is 0 Å². The number of carbonyl (C=O) groups is 2. The third-order valence-electron chi connectivity index (χ3n) is 7.03. The van der Waals surface area contributed by atoms with Crippen LogP contribution in [0.4, 0.5) is 5.69 Å². The van der Waals surface area contributed by atoms with E-state index in [2.05, 4.69) is 5.32 Å². The number of rotatable bonds is 12. The SMILES string of the molecule is Cc1cccc(N(CC(=O)N(Cc2ccc(Cl)cc2Cl)C(Cc2ccccc2)C(=O)NC(C)C)S(=O)(=O)c2ccc(Cl)cc2)c1. The maximum Gasteiger partial charge on any atom is 0.264 e. The molecule has 1 atom stereocenters. The van der Waals surface area contributed by atoms with Crippen molar-refractivity contribution in [3.63, 3.8) is 0 Å². The van der Waals surface area contributed by atoms with E-state index in [0.29, 0.717) is 26.3 Å². The number of amides is 2. The van der Waals surface area contributed by atoms with Gasteiger partial charge in [-0.15, -0.1) is 0 Å². The molecular weight excluding hydrogens is 653 g/mol. The van der Waals surface area contributed by atoms with Gasteiger partial charge in [-0.3, -0.25) is 13.9 Å². The second-order valence-corrected chi connectivity index (χ2v) is 14.1. The van der Waals surface area contributed by atoms with Gasteiger partial charge >= 0.3 is 0 Å². The van der Waals surface area contributed by atoms with Crippen LogP contribution in [0.1, 0.15) is 30.5 Å². The van der Waals surface area contributed by atoms with Gasteiger partial charge in [-0.1, -0.05) is 83.3 Å². The van der Waals surface area contributed by atoms with Gasteiger partial charge in [0.25, 0.3) is 10.0 Å². The van der Waals surface area contributed by atoms with Crippen LogP contribution >= 0.6 is 34.8 Å². The molecule has 1 N–H and O–H groups in total. The number of sulfonamides is 1. The van der Waals surface area contributed by atoms with Gasteiger partial charge in [0.05, 0.1) is 10.6 Å². The van der Waals surface area contributed by atoms with Crippen LogP contribution in [0.2, 0.25) is 15.1 Å². The highest BCUT2D eigenvalue weighted by Crippen LogP contribution is 2.28. The number of aryl methyl sites for hydroxylation is 1. The van der Waals surface area contributed by atoms with Crippen molar-refractivity contribution in [2.45, 2.75) is 50.7 Å². The van der Waals surface area contributed by atoms with Crippen LogP contribution in [0.5, 0.6) is 0 Å². The maximum absolute atomic E-state index is 14.5. The predicted octanol–water partition coefficient (Wildman–Crippen LogP) is 7.32. The molecule has 0 saturated carbocycles. The Morgan fingerprint density at radius 2 is 1.49 bits per heavy atom. The Morgan fingerprint density at radius 1 is 0.822 bits per heavy atom. The third-order valence-corrected chi connectivity index (χ3v) is 9.65. The molecule has 0 aromatic heterocycles. The van der Waals surface area contributed by atoms with Crippen molar-refractivity contribution in [3.05, 3.63) is 129 Å². The predicted molar refractivity (Wildman–Crippen MR) is 181 cm³/mol. The van der Waals surface area contributed by atoms with Crippen LogP contribution < -0.4 is 9.62 Å². The van der Waals surface area contributed by atoms with Crippen LogP contribution in [0.15, 0.2) is 102 Å². The number of benzene rings is 4. The first kappa shape index (κ1) is 34.3. The van der Waals surface area contributed by atoms with E-state index in [9.17, 15) is 18.0 Å². The Balaban J connectivity index is 1.83. The monoisotopic (exact) mass is 685 g/mol. The summed E-state index contributed by atoms with van der Waals surface area (Å²) in [5.74, 6) is -0.977. The summed E-state index contributed by atoms with van der Waals surface area (Å²) in [5, 5.41) is 4.03. The normalized spacial score (nSPS) is 12.1. The summed E-state index contributed by atoms with van der Waals surface area (Å²) in [7, 11) is -4.24. The van der Waals surface area contributed by atoms with E-state index in [1.807, 2.05) is 57.2 Å². The Labute approximate surface area is 279 Å². The molecule has 1 unspecified atom stereocenters. The fraction of sp³-hybridized carbons (Fsp3) is 0.235. The summed E-state index contributed by atoms with van der Waals surface area (Å²) >= 11 is 18.7. The lowest BCUT2D eigenvalue weighted by Gasteiger charge is -2.34. The van der Waals surface area contributed by atoms with E-state index in [1.54, 1.807) is 36.4 Å². The summed E-state index contributed by atoms with van der Waals surface area (Å²) in [6, 6.07) is 25.6. The quantitative estimate of drug-likeness (QED) is 0.169. The van der Waals surface area contributed by atoms with Crippen molar-refractivity contribution in [1.82, 2.24) is 10.2 Å². The lowest BCUT2D eigenvalue weighted by Crippen LogP contribution is -2.54. The van der Waals surface area contributed by atoms with Gasteiger partial charge in [0.1, 0.15) is 12.6 Å². The summed E-state index contributed by atoms with van der Waals surface area (Å²) in [4.78, 5) is 29.6. The van der Waals surface area contributed by atoms with Crippen molar-refractivity contribution in [2.75, 3.05) is 10.8 Å². The molecule has 11 heteroatoms. The Bertz CT molecular complexity index is 1750. The number of nitrogens with one attached hydrogen (secondary N) is 1. The molecule has 4 aromatic rings. The lowest BCUT2D eigenvalue weighted by molar-refractivity contribution is -0.140. The van der Waals surface area contributed by atoms with E-state index < -0.39 is 28.5 Å². The van der Waals surface area contributed by atoms with E-state index in [4.69, 9.17) is 34.8 Å². The fourth-order valence-corrected chi connectivity index (χ4v) is 6.81. The number of hydrogen-bond acceptors (Lipinski definition) is 4. The molecule has 0 radical (unpaired) electrons. The average Bonchev–Trinajstić information content (AvgIpc) is 2.98. The third kappa shape index (κ3) is 9.01. The number of anilines is 1. The first-order chi connectivity index (χ1) is 21.3. The van der Waals surface area contributed by atoms with E-state index in [1.165, 1.54) is 29.2 Å². The van der Waals surface area contributed by atoms with Gasteiger partial charge in [-0.05, 0) is 86.0 Å². The fourth-order valence-electron chi connectivity index (χ4n) is 4.81. The minimum Gasteiger partial charge on any atom is -0.352 e. The van der Waals surface area contributed by atoms with Crippen LogP contribution in [0.3, 0.4) is 0 Å². The summed E-state index contributed by atoms with van der Waals surface area (Å²) in [5.41, 5.74) is 2.48. The number of hydrogen-bond donors (Lipinski definition) is 1. The van der Waals surface area contributed by atoms with E-state index >= 15 is 0 Å². The molecule has 4 aromatic carbocycles. The number of carbonyl (C=O) groups excluding carboxylic acids is 2. The number of nitrogens with zero attached hydrogens (tertiary/aromatic N) is 2. The van der Waals surface area contributed by atoms with E-state index in [-0.39, 0.29) is 29.8 Å². The van der Waals surface area contributed by atoms with Gasteiger partial charge < -0.3 is 10.2 Å². The molecule has 4 rings (SSSR count). The Morgan fingerprint density at radius 3 is 2.11 bits per heavy atom. The molecule has 236 valence electrons. The number of halogens is 3. The van der Waals surface area contributed by atoms with E-state index in [0.717, 1.165) is 15.4 Å². The summed E-state index contributed by atoms with van der Waals surface area (Å²) in [6.07, 6.45) is 0.185. The molecule has 0 bridgehead atoms. The average molecular weight is 687 g/mol. The second kappa shape index (κ2) is 15.1. The van der Waals surface area contributed by atoms with Crippen LogP contribution in [-0.2, 0) is 32.6 Å². The standard InChI is InChI=1S/C34H34Cl3N3O4S/c1-23(2)38-34(42)32(19-25-9-5-4-6-10-25)39(21-26-12-13-28(36)20-31(26)37)33(41)22-40(29-11-7-8-24(3)18-29)45(43,44)30-16-14-27(35)15-17-30/h4-18,20,23,32H,19,21-22H2,1-3H3,(H,38,42). The minimum absolute atomic E-state index is 0.0353. The first-order valence-electron chi connectivity index (χ1n) is 14.3. The van der Waals surface area contributed by atoms with Crippen LogP contribution in [0, 0.1) is 6.92 Å². The van der Waals surface area contributed by atoms with Crippen LogP contribution in [-0.4, -0.2) is 43.8 Å². The molecule has 0 heterocycles. The highest BCUT2D eigenvalue weighted by atomic mass is 35.5. The van der Waals surface area contributed by atoms with Gasteiger partial charge in [-0.2, -0.15) is 0 Å². The lowest BCUT2D eigenvalue weighted by atomic mass is 10.0. The zero-order valence-electron chi connectivity index (χ0n) is 25.1. The van der Waals surface area contributed by atoms with Gasteiger partial charge in [0, 0.05) is 34.1 Å². The molecule has 45 heavy (non-hydrogen) atoms. The highest BCUT2D eigenvalue weighted by Gasteiger charge is 2.35. The zero-order chi connectivity index (χ0) is 32.7. The molecule has 0 aliphatic rings. The van der Waals surface area contributed by atoms with Crippen molar-refractivity contribution < 1.29 is 18.0 Å². The minimum atomic E-state index is -4.24. The second-order valence-electron chi connectivity index (χ2n) is 10.9. The van der Waals surface area contributed by atoms with Gasteiger partial charge in [0.15, 0.2) is 0 Å². The highest BCUT2D eigenvalue weighted by molar-refractivity contribution is 7.92. The Hall–Kier alpha value is -3.56. The van der Waals surface area contributed by atoms with Gasteiger partial charge in [-0.25, -0.2) is 8.42 Å². The summed E-state index contributed by atoms with van der Waals surface area (Å²) < 4.78 is 29.3. The maximum atomic E-state index is 14.5. The molecule has 0 fully saturated rings. The molecule has 0 aliphatic heterocycles. The molecule has 7 nitrogen and oxygen atoms in total. The molecule has 0 saturated heterocycles. The molecule has 0 spiro atoms. The van der Waals surface area contributed by atoms with Crippen molar-refractivity contribution >= 4 is 62.3 Å². The molecule has 0 aliphatic carbocycles. The van der Waals surface area contributed by atoms with Crippen molar-refractivity contribution in [1.29, 1.82) is 0 Å².